The van der Waals surface area contributed by atoms with Crippen LogP contribution in [0.5, 0.6) is 5.88 Å². The van der Waals surface area contributed by atoms with Crippen LogP contribution in [0, 0.1) is 6.92 Å². The molecule has 2 rings (SSSR count). The van der Waals surface area contributed by atoms with Gasteiger partial charge < -0.3 is 23.9 Å². The fourth-order valence-electron chi connectivity index (χ4n) is 2.29. The molecule has 0 bridgehead atoms. The number of carboxylic acid groups (broad SMARTS) is 1. The maximum absolute atomic E-state index is 11.6. The van der Waals surface area contributed by atoms with E-state index in [-0.39, 0.29) is 18.1 Å². The summed E-state index contributed by atoms with van der Waals surface area (Å²) in [5, 5.41) is 9.45. The Morgan fingerprint density at radius 2 is 1.83 bits per heavy atom. The number of carbonyl (C=O) groups is 1. The Morgan fingerprint density at radius 1 is 1.25 bits per heavy atom. The molecule has 1 aliphatic rings. The van der Waals surface area contributed by atoms with Gasteiger partial charge in [-0.3, -0.25) is 0 Å². The number of methoxy groups -OCH3 is 1. The second-order valence-corrected chi connectivity index (χ2v) is 6.75. The SMILES string of the molecule is COCCOc1nc(C)c(B2OC(C)(C)C(C)(C)O2)cc1C(=O)O. The molecule has 7 nitrogen and oxygen atoms in total. The number of nitrogens with zero attached hydrogens (tertiary/aromatic N) is 1. The number of carboxylic acids is 1. The summed E-state index contributed by atoms with van der Waals surface area (Å²) in [4.78, 5) is 15.8. The van der Waals surface area contributed by atoms with Gasteiger partial charge in [-0.15, -0.1) is 0 Å². The Labute approximate surface area is 142 Å². The summed E-state index contributed by atoms with van der Waals surface area (Å²) in [6, 6.07) is 1.51. The van der Waals surface area contributed by atoms with Crippen molar-refractivity contribution >= 4 is 18.6 Å². The molecule has 132 valence electrons. The fourth-order valence-corrected chi connectivity index (χ4v) is 2.29. The van der Waals surface area contributed by atoms with Crippen LogP contribution in [0.4, 0.5) is 0 Å². The molecule has 0 radical (unpaired) electrons. The zero-order valence-electron chi connectivity index (χ0n) is 15.0. The summed E-state index contributed by atoms with van der Waals surface area (Å²) >= 11 is 0. The highest BCUT2D eigenvalue weighted by Gasteiger charge is 2.52. The van der Waals surface area contributed by atoms with Gasteiger partial charge in [0, 0.05) is 18.3 Å². The van der Waals surface area contributed by atoms with Gasteiger partial charge in [0.2, 0.25) is 5.88 Å². The van der Waals surface area contributed by atoms with Crippen LogP contribution in [0.2, 0.25) is 0 Å². The van der Waals surface area contributed by atoms with Crippen molar-refractivity contribution in [1.29, 1.82) is 0 Å². The molecule has 1 aromatic rings. The minimum atomic E-state index is -1.12. The van der Waals surface area contributed by atoms with Gasteiger partial charge >= 0.3 is 13.1 Å². The molecule has 1 aliphatic heterocycles. The second kappa shape index (κ2) is 6.70. The van der Waals surface area contributed by atoms with Gasteiger partial charge in [0.05, 0.1) is 17.8 Å². The number of ether oxygens (including phenoxy) is 2. The molecule has 0 amide bonds. The molecule has 0 aromatic carbocycles. The topological polar surface area (TPSA) is 87.1 Å². The van der Waals surface area contributed by atoms with Gasteiger partial charge in [-0.2, -0.15) is 0 Å². The minimum Gasteiger partial charge on any atom is -0.477 e. The average molecular weight is 337 g/mol. The molecule has 1 fully saturated rings. The number of aromatic nitrogens is 1. The van der Waals surface area contributed by atoms with Crippen molar-refractivity contribution in [2.45, 2.75) is 45.8 Å². The molecule has 0 atom stereocenters. The smallest absolute Gasteiger partial charge is 0.477 e. The van der Waals surface area contributed by atoms with E-state index in [1.54, 1.807) is 14.0 Å². The maximum atomic E-state index is 11.6. The molecule has 1 aromatic heterocycles. The van der Waals surface area contributed by atoms with Gasteiger partial charge in [-0.05, 0) is 40.7 Å². The number of rotatable bonds is 6. The van der Waals surface area contributed by atoms with Crippen LogP contribution in [0.15, 0.2) is 6.07 Å². The van der Waals surface area contributed by atoms with Crippen molar-refractivity contribution in [3.63, 3.8) is 0 Å². The molecule has 0 saturated carbocycles. The van der Waals surface area contributed by atoms with Crippen molar-refractivity contribution in [1.82, 2.24) is 4.98 Å². The Morgan fingerprint density at radius 3 is 2.33 bits per heavy atom. The van der Waals surface area contributed by atoms with E-state index in [0.29, 0.717) is 17.8 Å². The monoisotopic (exact) mass is 337 g/mol. The largest absolute Gasteiger partial charge is 0.496 e. The summed E-state index contributed by atoms with van der Waals surface area (Å²) in [5.41, 5.74) is 0.139. The highest BCUT2D eigenvalue weighted by Crippen LogP contribution is 2.36. The molecular weight excluding hydrogens is 313 g/mol. The van der Waals surface area contributed by atoms with E-state index >= 15 is 0 Å². The molecule has 0 aliphatic carbocycles. The fraction of sp³-hybridized carbons (Fsp3) is 0.625. The van der Waals surface area contributed by atoms with Crippen molar-refractivity contribution in [2.24, 2.45) is 0 Å². The Bertz CT molecular complexity index is 615. The van der Waals surface area contributed by atoms with Gasteiger partial charge in [0.25, 0.3) is 0 Å². The van der Waals surface area contributed by atoms with Crippen LogP contribution < -0.4 is 10.2 Å². The van der Waals surface area contributed by atoms with E-state index in [1.165, 1.54) is 6.07 Å². The van der Waals surface area contributed by atoms with Gasteiger partial charge in [-0.25, -0.2) is 9.78 Å². The lowest BCUT2D eigenvalue weighted by molar-refractivity contribution is 0.00578. The molecule has 1 N–H and O–H groups in total. The standard InChI is InChI=1S/C16H24BNO6/c1-10-12(17-23-15(2,3)16(4,5)24-17)9-11(14(19)20)13(18-10)22-8-7-21-6/h9H,7-8H2,1-6H3,(H,19,20). The first-order chi connectivity index (χ1) is 11.1. The van der Waals surface area contributed by atoms with E-state index in [2.05, 4.69) is 4.98 Å². The third-order valence-electron chi connectivity index (χ3n) is 4.48. The van der Waals surface area contributed by atoms with Crippen molar-refractivity contribution in [2.75, 3.05) is 20.3 Å². The van der Waals surface area contributed by atoms with Crippen molar-refractivity contribution < 1.29 is 28.7 Å². The van der Waals surface area contributed by atoms with E-state index in [4.69, 9.17) is 18.8 Å². The van der Waals surface area contributed by atoms with Crippen LogP contribution in [0.25, 0.3) is 0 Å². The Kier molecular flexibility index (Phi) is 5.22. The Balaban J connectivity index is 2.35. The third-order valence-corrected chi connectivity index (χ3v) is 4.48. The zero-order valence-corrected chi connectivity index (χ0v) is 15.0. The average Bonchev–Trinajstić information content (AvgIpc) is 2.67. The summed E-state index contributed by atoms with van der Waals surface area (Å²) in [6.45, 7) is 10.1. The summed E-state index contributed by atoms with van der Waals surface area (Å²) in [6.07, 6.45) is 0. The first kappa shape index (κ1) is 18.7. The van der Waals surface area contributed by atoms with Crippen LogP contribution >= 0.6 is 0 Å². The van der Waals surface area contributed by atoms with E-state index in [1.807, 2.05) is 27.7 Å². The lowest BCUT2D eigenvalue weighted by atomic mass is 9.77. The lowest BCUT2D eigenvalue weighted by Gasteiger charge is -2.32. The molecule has 1 saturated heterocycles. The normalized spacial score (nSPS) is 18.7. The van der Waals surface area contributed by atoms with E-state index in [9.17, 15) is 9.90 Å². The van der Waals surface area contributed by atoms with Crippen LogP contribution in [-0.4, -0.2) is 54.7 Å². The number of hydrogen-bond acceptors (Lipinski definition) is 6. The second-order valence-electron chi connectivity index (χ2n) is 6.75. The number of aromatic carboxylic acids is 1. The number of hydrogen-bond donors (Lipinski definition) is 1. The first-order valence-electron chi connectivity index (χ1n) is 7.81. The molecule has 2 heterocycles. The van der Waals surface area contributed by atoms with Crippen molar-refractivity contribution in [3.05, 3.63) is 17.3 Å². The molecule has 0 unspecified atom stereocenters. The van der Waals surface area contributed by atoms with Crippen LogP contribution in [0.3, 0.4) is 0 Å². The van der Waals surface area contributed by atoms with Crippen molar-refractivity contribution in [3.8, 4) is 5.88 Å². The number of pyridine rings is 1. The molecular formula is C16H24BNO6. The quantitative estimate of drug-likeness (QED) is 0.620. The van der Waals surface area contributed by atoms with E-state index in [0.717, 1.165) is 0 Å². The predicted molar refractivity (Wildman–Crippen MR) is 89.0 cm³/mol. The molecule has 24 heavy (non-hydrogen) atoms. The highest BCUT2D eigenvalue weighted by molar-refractivity contribution is 6.62. The highest BCUT2D eigenvalue weighted by atomic mass is 16.7. The summed E-state index contributed by atoms with van der Waals surface area (Å²) < 4.78 is 22.3. The van der Waals surface area contributed by atoms with Crippen LogP contribution in [0.1, 0.15) is 43.7 Å². The van der Waals surface area contributed by atoms with E-state index < -0.39 is 24.3 Å². The van der Waals surface area contributed by atoms with Gasteiger partial charge in [0.1, 0.15) is 12.2 Å². The number of aryl methyl sites for hydroxylation is 1. The lowest BCUT2D eigenvalue weighted by Crippen LogP contribution is -2.41. The molecule has 0 spiro atoms. The maximum Gasteiger partial charge on any atom is 0.496 e. The predicted octanol–water partition coefficient (Wildman–Crippen LogP) is 1.41. The van der Waals surface area contributed by atoms with Crippen LogP contribution in [-0.2, 0) is 14.0 Å². The Hall–Kier alpha value is -1.64. The first-order valence-corrected chi connectivity index (χ1v) is 7.81. The third kappa shape index (κ3) is 3.55. The molecule has 8 heteroatoms. The van der Waals surface area contributed by atoms with Gasteiger partial charge in [-0.1, -0.05) is 0 Å². The van der Waals surface area contributed by atoms with Gasteiger partial charge in [0.15, 0.2) is 0 Å². The summed E-state index contributed by atoms with van der Waals surface area (Å²) in [7, 11) is 0.871. The minimum absolute atomic E-state index is 0.0265. The zero-order chi connectivity index (χ0) is 18.1. The summed E-state index contributed by atoms with van der Waals surface area (Å²) in [5.74, 6) is -1.05.